The number of aromatic nitrogens is 3. The number of H-pyrrole nitrogens is 1. The minimum Gasteiger partial charge on any atom is -0.458 e. The van der Waals surface area contributed by atoms with E-state index in [1.807, 2.05) is 18.2 Å². The van der Waals surface area contributed by atoms with Crippen LogP contribution in [-0.4, -0.2) is 32.3 Å². The molecule has 33 heavy (non-hydrogen) atoms. The Kier molecular flexibility index (Phi) is 4.31. The largest absolute Gasteiger partial charge is 0.458 e. The number of hydrogen-bond acceptors (Lipinski definition) is 5. The highest BCUT2D eigenvalue weighted by molar-refractivity contribution is 5.93. The van der Waals surface area contributed by atoms with Crippen molar-refractivity contribution in [2.24, 2.45) is 0 Å². The Balaban J connectivity index is 1.50. The number of amides is 1. The molecule has 4 heterocycles. The van der Waals surface area contributed by atoms with Crippen LogP contribution in [0.3, 0.4) is 0 Å². The molecule has 0 radical (unpaired) electrons. The summed E-state index contributed by atoms with van der Waals surface area (Å²) in [5.74, 6) is 0.791. The van der Waals surface area contributed by atoms with Crippen molar-refractivity contribution in [2.75, 3.05) is 6.54 Å². The molecule has 1 aromatic carbocycles. The normalized spacial score (nSPS) is 18.7. The first-order valence-corrected chi connectivity index (χ1v) is 11.3. The Hall–Kier alpha value is -3.42. The second-order valence-electron chi connectivity index (χ2n) is 9.47. The van der Waals surface area contributed by atoms with Gasteiger partial charge in [-0.25, -0.2) is 14.4 Å². The number of furan rings is 1. The number of aromatic amines is 1. The van der Waals surface area contributed by atoms with Gasteiger partial charge in [-0.05, 0) is 45.6 Å². The average Bonchev–Trinajstić information content (AvgIpc) is 3.20. The molecule has 0 unspecified atom stereocenters. The number of aryl methyl sites for hydroxylation is 1. The maximum absolute atomic E-state index is 14.5. The summed E-state index contributed by atoms with van der Waals surface area (Å²) < 4.78 is 26.6. The number of imidazole rings is 1. The van der Waals surface area contributed by atoms with E-state index in [4.69, 9.17) is 8.83 Å². The smallest absolute Gasteiger partial charge is 0.292 e. The number of carbonyl (C=O) groups is 1. The zero-order chi connectivity index (χ0) is 22.9. The van der Waals surface area contributed by atoms with Crippen LogP contribution >= 0.6 is 0 Å². The number of rotatable bonds is 4. The standard InChI is InChI=1S/C25H25FN4O3/c1-13-21(33-24(29-13)25(2,3)26)23(31)30-11-10-16-19(28-12-27-16)20(30)22-18(14-8-9-14)15-6-4-5-7-17(15)32-22/h4-7,12,14,20H,8-11H2,1-3H3,(H,27,28)/t20-/m1/s1. The fourth-order valence-corrected chi connectivity index (χ4v) is 4.82. The van der Waals surface area contributed by atoms with Crippen molar-refractivity contribution >= 4 is 16.9 Å². The summed E-state index contributed by atoms with van der Waals surface area (Å²) in [5.41, 5.74) is 2.33. The summed E-state index contributed by atoms with van der Waals surface area (Å²) >= 11 is 0. The fourth-order valence-electron chi connectivity index (χ4n) is 4.82. The lowest BCUT2D eigenvalue weighted by atomic mass is 9.95. The molecular weight excluding hydrogens is 423 g/mol. The van der Waals surface area contributed by atoms with Gasteiger partial charge in [0.1, 0.15) is 17.4 Å². The van der Waals surface area contributed by atoms with Gasteiger partial charge in [-0.1, -0.05) is 18.2 Å². The Morgan fingerprint density at radius 1 is 1.24 bits per heavy atom. The summed E-state index contributed by atoms with van der Waals surface area (Å²) in [6, 6.07) is 7.50. The minimum absolute atomic E-state index is 0.0591. The van der Waals surface area contributed by atoms with Crippen LogP contribution in [-0.2, 0) is 12.1 Å². The zero-order valence-electron chi connectivity index (χ0n) is 18.8. The number of nitrogens with one attached hydrogen (secondary N) is 1. The number of halogens is 1. The summed E-state index contributed by atoms with van der Waals surface area (Å²) in [6.07, 6.45) is 4.49. The van der Waals surface area contributed by atoms with Crippen LogP contribution in [0.1, 0.15) is 83.5 Å². The van der Waals surface area contributed by atoms with Crippen molar-refractivity contribution in [3.63, 3.8) is 0 Å². The fraction of sp³-hybridized carbons (Fsp3) is 0.400. The Morgan fingerprint density at radius 3 is 2.76 bits per heavy atom. The minimum atomic E-state index is -1.78. The van der Waals surface area contributed by atoms with Crippen LogP contribution in [0.5, 0.6) is 0 Å². The molecule has 170 valence electrons. The van der Waals surface area contributed by atoms with E-state index in [1.54, 1.807) is 18.2 Å². The molecule has 1 N–H and O–H groups in total. The summed E-state index contributed by atoms with van der Waals surface area (Å²) in [5, 5.41) is 1.09. The number of alkyl halides is 1. The molecule has 4 aromatic rings. The molecule has 3 aromatic heterocycles. The van der Waals surface area contributed by atoms with Gasteiger partial charge in [0.15, 0.2) is 5.67 Å². The van der Waals surface area contributed by atoms with Gasteiger partial charge in [-0.2, -0.15) is 0 Å². The Labute approximate surface area is 190 Å². The van der Waals surface area contributed by atoms with Gasteiger partial charge in [0, 0.05) is 29.6 Å². The summed E-state index contributed by atoms with van der Waals surface area (Å²) in [7, 11) is 0. The molecule has 1 atom stereocenters. The molecule has 6 rings (SSSR count). The average molecular weight is 448 g/mol. The molecule has 1 aliphatic heterocycles. The van der Waals surface area contributed by atoms with Gasteiger partial charge < -0.3 is 18.7 Å². The van der Waals surface area contributed by atoms with E-state index in [0.717, 1.165) is 46.5 Å². The van der Waals surface area contributed by atoms with E-state index >= 15 is 0 Å². The van der Waals surface area contributed by atoms with E-state index in [9.17, 15) is 9.18 Å². The highest BCUT2D eigenvalue weighted by Crippen LogP contribution is 2.50. The third kappa shape index (κ3) is 3.19. The molecule has 7 nitrogen and oxygen atoms in total. The van der Waals surface area contributed by atoms with Crippen molar-refractivity contribution < 1.29 is 18.0 Å². The topological polar surface area (TPSA) is 88.2 Å². The van der Waals surface area contributed by atoms with Crippen LogP contribution in [0.15, 0.2) is 39.4 Å². The summed E-state index contributed by atoms with van der Waals surface area (Å²) in [6.45, 7) is 4.85. The quantitative estimate of drug-likeness (QED) is 0.456. The van der Waals surface area contributed by atoms with Gasteiger partial charge in [-0.3, -0.25) is 4.79 Å². The van der Waals surface area contributed by atoms with Crippen LogP contribution in [0.4, 0.5) is 4.39 Å². The lowest BCUT2D eigenvalue weighted by Gasteiger charge is -2.33. The van der Waals surface area contributed by atoms with E-state index in [2.05, 4.69) is 21.0 Å². The van der Waals surface area contributed by atoms with E-state index in [0.29, 0.717) is 24.6 Å². The lowest BCUT2D eigenvalue weighted by molar-refractivity contribution is 0.0627. The molecular formula is C25H25FN4O3. The molecule has 0 saturated heterocycles. The second kappa shape index (κ2) is 7.04. The van der Waals surface area contributed by atoms with Crippen molar-refractivity contribution in [3.05, 3.63) is 70.6 Å². The van der Waals surface area contributed by atoms with Gasteiger partial charge in [0.05, 0.1) is 17.7 Å². The van der Waals surface area contributed by atoms with Gasteiger partial charge >= 0.3 is 0 Å². The highest BCUT2D eigenvalue weighted by Gasteiger charge is 2.43. The van der Waals surface area contributed by atoms with Crippen molar-refractivity contribution in [3.8, 4) is 0 Å². The zero-order valence-corrected chi connectivity index (χ0v) is 18.8. The maximum atomic E-state index is 14.5. The number of fused-ring (bicyclic) bond motifs is 2. The number of carbonyl (C=O) groups excluding carboxylic acids is 1. The van der Waals surface area contributed by atoms with Gasteiger partial charge in [0.25, 0.3) is 5.91 Å². The van der Waals surface area contributed by atoms with E-state index < -0.39 is 11.7 Å². The highest BCUT2D eigenvalue weighted by atomic mass is 19.1. The molecule has 2 aliphatic rings. The van der Waals surface area contributed by atoms with E-state index in [1.165, 1.54) is 13.8 Å². The molecule has 1 saturated carbocycles. The molecule has 1 fully saturated rings. The maximum Gasteiger partial charge on any atom is 0.292 e. The predicted octanol–water partition coefficient (Wildman–Crippen LogP) is 5.32. The molecule has 1 amide bonds. The van der Waals surface area contributed by atoms with Gasteiger partial charge in [-0.15, -0.1) is 0 Å². The third-order valence-corrected chi connectivity index (χ3v) is 6.58. The summed E-state index contributed by atoms with van der Waals surface area (Å²) in [4.78, 5) is 27.5. The van der Waals surface area contributed by atoms with Crippen molar-refractivity contribution in [1.29, 1.82) is 0 Å². The number of benzene rings is 1. The first-order valence-electron chi connectivity index (χ1n) is 11.3. The number of para-hydroxylation sites is 1. The number of hydrogen-bond donors (Lipinski definition) is 1. The molecule has 8 heteroatoms. The molecule has 1 aliphatic carbocycles. The number of oxazole rings is 1. The van der Waals surface area contributed by atoms with Crippen LogP contribution in [0.25, 0.3) is 11.0 Å². The second-order valence-corrected chi connectivity index (χ2v) is 9.47. The predicted molar refractivity (Wildman–Crippen MR) is 119 cm³/mol. The van der Waals surface area contributed by atoms with Crippen molar-refractivity contribution in [2.45, 2.75) is 57.7 Å². The van der Waals surface area contributed by atoms with Crippen LogP contribution in [0.2, 0.25) is 0 Å². The first-order chi connectivity index (χ1) is 15.8. The lowest BCUT2D eigenvalue weighted by Crippen LogP contribution is -2.41. The Bertz CT molecular complexity index is 1370. The van der Waals surface area contributed by atoms with Gasteiger partial charge in [0.2, 0.25) is 11.7 Å². The van der Waals surface area contributed by atoms with E-state index in [-0.39, 0.29) is 17.6 Å². The molecule has 0 bridgehead atoms. The monoisotopic (exact) mass is 448 g/mol. The van der Waals surface area contributed by atoms with Crippen LogP contribution in [0, 0.1) is 6.92 Å². The SMILES string of the molecule is Cc1nc(C(C)(C)F)oc1C(=O)N1CCc2[nH]cnc2[C@@H]1c1oc2ccccc2c1C1CC1. The molecule has 0 spiro atoms. The Morgan fingerprint density at radius 2 is 2.03 bits per heavy atom. The van der Waals surface area contributed by atoms with Crippen LogP contribution < -0.4 is 0 Å². The first kappa shape index (κ1) is 20.2. The third-order valence-electron chi connectivity index (χ3n) is 6.58. The van der Waals surface area contributed by atoms with Crippen molar-refractivity contribution in [1.82, 2.24) is 19.9 Å². The number of nitrogens with zero attached hydrogens (tertiary/aromatic N) is 3.